The predicted molar refractivity (Wildman–Crippen MR) is 66.8 cm³/mol. The zero-order valence-electron chi connectivity index (χ0n) is 10.9. The average Bonchev–Trinajstić information content (AvgIpc) is 2.91. The van der Waals surface area contributed by atoms with Crippen molar-refractivity contribution in [2.24, 2.45) is 7.05 Å². The van der Waals surface area contributed by atoms with E-state index in [1.165, 1.54) is 0 Å². The van der Waals surface area contributed by atoms with E-state index in [2.05, 4.69) is 15.4 Å². The molecule has 0 atom stereocenters. The molecule has 2 rings (SSSR count). The van der Waals surface area contributed by atoms with Gasteiger partial charge in [-0.2, -0.15) is 5.10 Å². The molecule has 0 aliphatic heterocycles. The third-order valence-electron chi connectivity index (χ3n) is 2.63. The average molecular weight is 264 g/mol. The van der Waals surface area contributed by atoms with Crippen molar-refractivity contribution in [3.63, 3.8) is 0 Å². The van der Waals surface area contributed by atoms with Crippen LogP contribution in [-0.2, 0) is 20.0 Å². The summed E-state index contributed by atoms with van der Waals surface area (Å²) >= 11 is 0. The number of hydrogen-bond donors (Lipinski definition) is 2. The van der Waals surface area contributed by atoms with Crippen molar-refractivity contribution < 1.29 is 14.3 Å². The summed E-state index contributed by atoms with van der Waals surface area (Å²) in [6, 6.07) is 1.73. The van der Waals surface area contributed by atoms with Gasteiger partial charge < -0.3 is 14.8 Å². The number of carbonyl (C=O) groups is 1. The smallest absolute Gasteiger partial charge is 0.372 e. The van der Waals surface area contributed by atoms with Crippen LogP contribution in [0.3, 0.4) is 0 Å². The summed E-state index contributed by atoms with van der Waals surface area (Å²) in [6.45, 7) is 2.90. The van der Waals surface area contributed by atoms with Crippen LogP contribution in [0.4, 0.5) is 0 Å². The lowest BCUT2D eigenvalue weighted by Crippen LogP contribution is -2.17. The van der Waals surface area contributed by atoms with Gasteiger partial charge in [-0.1, -0.05) is 0 Å². The maximum Gasteiger partial charge on any atom is 0.372 e. The number of nitrogens with one attached hydrogen (secondary N) is 1. The van der Waals surface area contributed by atoms with Gasteiger partial charge in [0, 0.05) is 25.6 Å². The Kier molecular flexibility index (Phi) is 3.96. The SMILES string of the molecule is Cc1cc(CNCCc2ncn(C)n2)oc1C(=O)O. The Morgan fingerprint density at radius 3 is 2.95 bits per heavy atom. The quantitative estimate of drug-likeness (QED) is 0.748. The van der Waals surface area contributed by atoms with Gasteiger partial charge in [-0.15, -0.1) is 0 Å². The first kappa shape index (κ1) is 13.3. The van der Waals surface area contributed by atoms with Crippen LogP contribution in [0.15, 0.2) is 16.8 Å². The van der Waals surface area contributed by atoms with Crippen LogP contribution in [0.2, 0.25) is 0 Å². The molecule has 2 N–H and O–H groups in total. The second kappa shape index (κ2) is 5.66. The standard InChI is InChI=1S/C12H16N4O3/c1-8-5-9(19-11(8)12(17)18)6-13-4-3-10-14-7-16(2)15-10/h5,7,13H,3-4,6H2,1-2H3,(H,17,18). The fourth-order valence-electron chi connectivity index (χ4n) is 1.76. The second-order valence-corrected chi connectivity index (χ2v) is 4.29. The molecular weight excluding hydrogens is 248 g/mol. The van der Waals surface area contributed by atoms with Gasteiger partial charge in [0.2, 0.25) is 5.76 Å². The number of aromatic carboxylic acids is 1. The Hall–Kier alpha value is -2.15. The molecule has 0 bridgehead atoms. The van der Waals surface area contributed by atoms with Crippen LogP contribution < -0.4 is 5.32 Å². The van der Waals surface area contributed by atoms with Gasteiger partial charge >= 0.3 is 5.97 Å². The van der Waals surface area contributed by atoms with Crippen molar-refractivity contribution in [3.8, 4) is 0 Å². The summed E-state index contributed by atoms with van der Waals surface area (Å²) in [6.07, 6.45) is 2.37. The molecule has 0 unspecified atom stereocenters. The molecule has 0 spiro atoms. The molecule has 0 fully saturated rings. The van der Waals surface area contributed by atoms with E-state index < -0.39 is 5.97 Å². The zero-order chi connectivity index (χ0) is 13.8. The molecule has 2 aromatic rings. The molecule has 0 aliphatic rings. The van der Waals surface area contributed by atoms with Gasteiger partial charge in [-0.25, -0.2) is 9.78 Å². The molecule has 102 valence electrons. The number of aromatic nitrogens is 3. The van der Waals surface area contributed by atoms with E-state index in [9.17, 15) is 4.79 Å². The Bertz CT molecular complexity index is 573. The minimum atomic E-state index is -1.04. The van der Waals surface area contributed by atoms with Gasteiger partial charge in [0.15, 0.2) is 5.82 Å². The molecule has 19 heavy (non-hydrogen) atoms. The van der Waals surface area contributed by atoms with Gasteiger partial charge in [0.1, 0.15) is 12.1 Å². The molecule has 0 aromatic carbocycles. The van der Waals surface area contributed by atoms with Crippen molar-refractivity contribution in [1.29, 1.82) is 0 Å². The molecule has 0 amide bonds. The normalized spacial score (nSPS) is 10.8. The molecule has 0 saturated carbocycles. The van der Waals surface area contributed by atoms with Crippen LogP contribution in [0.5, 0.6) is 0 Å². The summed E-state index contributed by atoms with van der Waals surface area (Å²) in [5.74, 6) is 0.352. The molecular formula is C12H16N4O3. The van der Waals surface area contributed by atoms with Crippen LogP contribution in [0, 0.1) is 6.92 Å². The molecule has 2 heterocycles. The minimum Gasteiger partial charge on any atom is -0.475 e. The van der Waals surface area contributed by atoms with Crippen molar-refractivity contribution in [3.05, 3.63) is 35.3 Å². The number of aryl methyl sites for hydroxylation is 2. The summed E-state index contributed by atoms with van der Waals surface area (Å²) in [7, 11) is 1.82. The lowest BCUT2D eigenvalue weighted by Gasteiger charge is -1.99. The highest BCUT2D eigenvalue weighted by Crippen LogP contribution is 2.14. The number of rotatable bonds is 6. The van der Waals surface area contributed by atoms with Crippen LogP contribution >= 0.6 is 0 Å². The number of nitrogens with zero attached hydrogens (tertiary/aromatic N) is 3. The first-order valence-electron chi connectivity index (χ1n) is 5.94. The van der Waals surface area contributed by atoms with E-state index in [1.54, 1.807) is 24.0 Å². The van der Waals surface area contributed by atoms with Gasteiger partial charge in [-0.05, 0) is 13.0 Å². The molecule has 0 saturated heterocycles. The van der Waals surface area contributed by atoms with E-state index in [0.717, 1.165) is 5.82 Å². The maximum absolute atomic E-state index is 10.8. The molecule has 7 nitrogen and oxygen atoms in total. The van der Waals surface area contributed by atoms with Gasteiger partial charge in [0.05, 0.1) is 6.54 Å². The lowest BCUT2D eigenvalue weighted by molar-refractivity contribution is 0.0659. The van der Waals surface area contributed by atoms with Crippen LogP contribution in [-0.4, -0.2) is 32.4 Å². The fraction of sp³-hybridized carbons (Fsp3) is 0.417. The third-order valence-corrected chi connectivity index (χ3v) is 2.63. The highest BCUT2D eigenvalue weighted by molar-refractivity contribution is 5.86. The highest BCUT2D eigenvalue weighted by atomic mass is 16.4. The van der Waals surface area contributed by atoms with Crippen molar-refractivity contribution in [2.75, 3.05) is 6.54 Å². The Morgan fingerprint density at radius 1 is 1.58 bits per heavy atom. The number of furan rings is 1. The molecule has 7 heteroatoms. The summed E-state index contributed by atoms with van der Waals surface area (Å²) in [5.41, 5.74) is 0.635. The van der Waals surface area contributed by atoms with Crippen LogP contribution in [0.1, 0.15) is 27.7 Å². The minimum absolute atomic E-state index is 0.00296. The summed E-state index contributed by atoms with van der Waals surface area (Å²) in [5, 5.41) is 16.2. The number of hydrogen-bond acceptors (Lipinski definition) is 5. The Labute approximate surface area is 110 Å². The molecule has 2 aromatic heterocycles. The summed E-state index contributed by atoms with van der Waals surface area (Å²) < 4.78 is 6.89. The van der Waals surface area contributed by atoms with E-state index >= 15 is 0 Å². The monoisotopic (exact) mass is 264 g/mol. The van der Waals surface area contributed by atoms with E-state index in [0.29, 0.717) is 30.8 Å². The summed E-state index contributed by atoms with van der Waals surface area (Å²) in [4.78, 5) is 14.9. The first-order valence-corrected chi connectivity index (χ1v) is 5.94. The third kappa shape index (κ3) is 3.41. The fourth-order valence-corrected chi connectivity index (χ4v) is 1.76. The number of carboxylic acid groups (broad SMARTS) is 1. The van der Waals surface area contributed by atoms with Crippen LogP contribution in [0.25, 0.3) is 0 Å². The molecule has 0 radical (unpaired) electrons. The van der Waals surface area contributed by atoms with Crippen molar-refractivity contribution in [1.82, 2.24) is 20.1 Å². The molecule has 0 aliphatic carbocycles. The Morgan fingerprint density at radius 2 is 2.37 bits per heavy atom. The van der Waals surface area contributed by atoms with E-state index in [1.807, 2.05) is 7.05 Å². The zero-order valence-corrected chi connectivity index (χ0v) is 10.9. The largest absolute Gasteiger partial charge is 0.475 e. The highest BCUT2D eigenvalue weighted by Gasteiger charge is 2.13. The van der Waals surface area contributed by atoms with Gasteiger partial charge in [-0.3, -0.25) is 4.68 Å². The lowest BCUT2D eigenvalue weighted by atomic mass is 10.2. The topological polar surface area (TPSA) is 93.2 Å². The first-order chi connectivity index (χ1) is 9.06. The number of carboxylic acids is 1. The maximum atomic E-state index is 10.8. The van der Waals surface area contributed by atoms with Crippen molar-refractivity contribution in [2.45, 2.75) is 19.9 Å². The van der Waals surface area contributed by atoms with Gasteiger partial charge in [0.25, 0.3) is 0 Å². The van der Waals surface area contributed by atoms with E-state index in [-0.39, 0.29) is 5.76 Å². The van der Waals surface area contributed by atoms with Crippen molar-refractivity contribution >= 4 is 5.97 Å². The Balaban J connectivity index is 1.79. The van der Waals surface area contributed by atoms with E-state index in [4.69, 9.17) is 9.52 Å². The second-order valence-electron chi connectivity index (χ2n) is 4.29. The predicted octanol–water partition coefficient (Wildman–Crippen LogP) is 0.747.